The molecule has 0 aromatic heterocycles. The van der Waals surface area contributed by atoms with Gasteiger partial charge in [0.15, 0.2) is 0 Å². The number of hydrogen-bond donors (Lipinski definition) is 0. The minimum Gasteiger partial charge on any atom is -0.462 e. The van der Waals surface area contributed by atoms with Crippen LogP contribution in [0.15, 0.2) is 12.1 Å². The number of esters is 1. The maximum Gasteiger partial charge on any atom is 0.338 e. The molecule has 0 amide bonds. The smallest absolute Gasteiger partial charge is 0.338 e. The topological polar surface area (TPSA) is 50.1 Å². The van der Waals surface area contributed by atoms with Gasteiger partial charge >= 0.3 is 5.97 Å². The number of nitriles is 1. The summed E-state index contributed by atoms with van der Waals surface area (Å²) in [6, 6.07) is 4.38. The van der Waals surface area contributed by atoms with Gasteiger partial charge in [-0.25, -0.2) is 13.6 Å². The summed E-state index contributed by atoms with van der Waals surface area (Å²) in [5, 5.41) is 8.84. The van der Waals surface area contributed by atoms with Crippen molar-refractivity contribution in [1.29, 1.82) is 5.26 Å². The van der Waals surface area contributed by atoms with Crippen LogP contribution in [0.25, 0.3) is 0 Å². The lowest BCUT2D eigenvalue weighted by molar-refractivity contribution is 0.0515. The lowest BCUT2D eigenvalue weighted by Gasteiger charge is -2.10. The third-order valence-corrected chi connectivity index (χ3v) is 2.92. The van der Waals surface area contributed by atoms with Crippen LogP contribution in [0.1, 0.15) is 34.8 Å². The second kappa shape index (κ2) is 5.91. The van der Waals surface area contributed by atoms with Gasteiger partial charge in [0.2, 0.25) is 0 Å². The van der Waals surface area contributed by atoms with E-state index in [9.17, 15) is 13.6 Å². The summed E-state index contributed by atoms with van der Waals surface area (Å²) in [6.45, 7) is 1.67. The molecule has 0 aliphatic carbocycles. The highest BCUT2D eigenvalue weighted by Crippen LogP contribution is 2.30. The Balaban J connectivity index is 3.42. The Morgan fingerprint density at radius 1 is 1.59 bits per heavy atom. The molecule has 0 spiro atoms. The van der Waals surface area contributed by atoms with Crippen molar-refractivity contribution in [2.75, 3.05) is 6.61 Å². The number of carbonyl (C=O) groups excluding carboxylic acids is 1. The SMILES string of the molecule is CCOC(=O)c1ccc(I)c(C#N)c1C(F)F. The summed E-state index contributed by atoms with van der Waals surface area (Å²) >= 11 is 1.77. The molecule has 3 nitrogen and oxygen atoms in total. The molecule has 0 heterocycles. The molecule has 0 bridgehead atoms. The van der Waals surface area contributed by atoms with E-state index in [0.29, 0.717) is 3.57 Å². The van der Waals surface area contributed by atoms with Gasteiger partial charge in [-0.2, -0.15) is 5.26 Å². The van der Waals surface area contributed by atoms with Crippen LogP contribution in [0.2, 0.25) is 0 Å². The van der Waals surface area contributed by atoms with Crippen molar-refractivity contribution >= 4 is 28.6 Å². The average molecular weight is 351 g/mol. The van der Waals surface area contributed by atoms with E-state index in [1.165, 1.54) is 12.1 Å². The fraction of sp³-hybridized carbons (Fsp3) is 0.273. The van der Waals surface area contributed by atoms with Gasteiger partial charge < -0.3 is 4.74 Å². The number of nitrogens with zero attached hydrogens (tertiary/aromatic N) is 1. The summed E-state index contributed by atoms with van der Waals surface area (Å²) in [5.74, 6) is -0.837. The zero-order valence-corrected chi connectivity index (χ0v) is 11.0. The predicted molar refractivity (Wildman–Crippen MR) is 64.8 cm³/mol. The first-order chi connectivity index (χ1) is 8.02. The Labute approximate surface area is 111 Å². The minimum absolute atomic E-state index is 0.0926. The maximum atomic E-state index is 12.9. The van der Waals surface area contributed by atoms with Crippen LogP contribution in [0.4, 0.5) is 8.78 Å². The molecular formula is C11H8F2INO2. The van der Waals surface area contributed by atoms with Gasteiger partial charge in [0.05, 0.1) is 23.3 Å². The van der Waals surface area contributed by atoms with Crippen molar-refractivity contribution in [2.24, 2.45) is 0 Å². The average Bonchev–Trinajstić information content (AvgIpc) is 2.28. The Kier molecular flexibility index (Phi) is 4.81. The van der Waals surface area contributed by atoms with E-state index in [-0.39, 0.29) is 17.7 Å². The van der Waals surface area contributed by atoms with Gasteiger partial charge in [-0.3, -0.25) is 0 Å². The van der Waals surface area contributed by atoms with E-state index in [1.807, 2.05) is 0 Å². The van der Waals surface area contributed by atoms with Crippen LogP contribution in [-0.4, -0.2) is 12.6 Å². The molecule has 17 heavy (non-hydrogen) atoms. The zero-order valence-electron chi connectivity index (χ0n) is 8.84. The van der Waals surface area contributed by atoms with Gasteiger partial charge in [-0.1, -0.05) is 0 Å². The molecule has 0 saturated heterocycles. The fourth-order valence-electron chi connectivity index (χ4n) is 1.32. The van der Waals surface area contributed by atoms with Crippen molar-refractivity contribution < 1.29 is 18.3 Å². The van der Waals surface area contributed by atoms with Crippen molar-refractivity contribution in [2.45, 2.75) is 13.3 Å². The first-order valence-corrected chi connectivity index (χ1v) is 5.78. The summed E-state index contributed by atoms with van der Waals surface area (Å²) in [4.78, 5) is 11.5. The molecule has 90 valence electrons. The van der Waals surface area contributed by atoms with Crippen LogP contribution in [-0.2, 0) is 4.74 Å². The standard InChI is InChI=1S/C11H8F2INO2/c1-2-17-11(16)6-3-4-8(14)7(5-15)9(6)10(12)13/h3-4,10H,2H2,1H3. The third kappa shape index (κ3) is 2.91. The van der Waals surface area contributed by atoms with Crippen molar-refractivity contribution in [1.82, 2.24) is 0 Å². The van der Waals surface area contributed by atoms with E-state index in [1.54, 1.807) is 35.6 Å². The third-order valence-electron chi connectivity index (χ3n) is 2.02. The number of benzene rings is 1. The molecule has 0 unspecified atom stereocenters. The highest BCUT2D eigenvalue weighted by Gasteiger charge is 2.24. The second-order valence-corrected chi connectivity index (χ2v) is 4.18. The molecule has 1 aromatic rings. The van der Waals surface area contributed by atoms with Crippen LogP contribution < -0.4 is 0 Å². The molecule has 0 N–H and O–H groups in total. The van der Waals surface area contributed by atoms with Crippen molar-refractivity contribution in [3.63, 3.8) is 0 Å². The lowest BCUT2D eigenvalue weighted by atomic mass is 10.0. The summed E-state index contributed by atoms with van der Waals surface area (Å²) in [7, 11) is 0. The lowest BCUT2D eigenvalue weighted by Crippen LogP contribution is -2.10. The Bertz CT molecular complexity index is 483. The van der Waals surface area contributed by atoms with E-state index >= 15 is 0 Å². The Morgan fingerprint density at radius 2 is 2.24 bits per heavy atom. The Morgan fingerprint density at radius 3 is 2.71 bits per heavy atom. The number of halogens is 3. The number of alkyl halides is 2. The highest BCUT2D eigenvalue weighted by atomic mass is 127. The van der Waals surface area contributed by atoms with Gasteiger partial charge in [-0.05, 0) is 41.6 Å². The first-order valence-electron chi connectivity index (χ1n) is 4.70. The number of ether oxygens (including phenoxy) is 1. The normalized spacial score (nSPS) is 10.1. The molecule has 0 fully saturated rings. The molecule has 1 rings (SSSR count). The number of carbonyl (C=O) groups is 1. The largest absolute Gasteiger partial charge is 0.462 e. The number of hydrogen-bond acceptors (Lipinski definition) is 3. The fourth-order valence-corrected chi connectivity index (χ4v) is 1.91. The van der Waals surface area contributed by atoms with Crippen molar-refractivity contribution in [3.8, 4) is 6.07 Å². The molecule has 0 radical (unpaired) electrons. The molecule has 6 heteroatoms. The second-order valence-electron chi connectivity index (χ2n) is 3.02. The summed E-state index contributed by atoms with van der Waals surface area (Å²) in [5.41, 5.74) is -0.984. The summed E-state index contributed by atoms with van der Waals surface area (Å²) < 4.78 is 30.8. The van der Waals surface area contributed by atoms with E-state index < -0.39 is 18.0 Å². The summed E-state index contributed by atoms with van der Waals surface area (Å²) in [6.07, 6.45) is -2.89. The molecule has 0 saturated carbocycles. The highest BCUT2D eigenvalue weighted by molar-refractivity contribution is 14.1. The molecule has 0 aliphatic heterocycles. The minimum atomic E-state index is -2.89. The first kappa shape index (κ1) is 13.8. The van der Waals surface area contributed by atoms with E-state index in [4.69, 9.17) is 5.26 Å². The van der Waals surface area contributed by atoms with Gasteiger partial charge in [0, 0.05) is 3.57 Å². The van der Waals surface area contributed by atoms with Crippen LogP contribution in [0, 0.1) is 14.9 Å². The number of rotatable bonds is 3. The molecule has 0 atom stereocenters. The zero-order chi connectivity index (χ0) is 13.0. The van der Waals surface area contributed by atoms with Crippen LogP contribution >= 0.6 is 22.6 Å². The maximum absolute atomic E-state index is 12.9. The monoisotopic (exact) mass is 351 g/mol. The predicted octanol–water partition coefficient (Wildman–Crippen LogP) is 3.28. The van der Waals surface area contributed by atoms with Crippen molar-refractivity contribution in [3.05, 3.63) is 32.4 Å². The molecule has 1 aromatic carbocycles. The molecular weight excluding hydrogens is 343 g/mol. The quantitative estimate of drug-likeness (QED) is 0.620. The van der Waals surface area contributed by atoms with Gasteiger partial charge in [0.1, 0.15) is 6.07 Å². The van der Waals surface area contributed by atoms with E-state index in [0.717, 1.165) is 0 Å². The molecule has 0 aliphatic rings. The van der Waals surface area contributed by atoms with Crippen LogP contribution in [0.3, 0.4) is 0 Å². The Hall–Kier alpha value is -1.23. The van der Waals surface area contributed by atoms with Gasteiger partial charge in [-0.15, -0.1) is 0 Å². The van der Waals surface area contributed by atoms with Gasteiger partial charge in [0.25, 0.3) is 6.43 Å². The van der Waals surface area contributed by atoms with E-state index in [2.05, 4.69) is 4.74 Å². The van der Waals surface area contributed by atoms with Crippen LogP contribution in [0.5, 0.6) is 0 Å².